The molecule has 86 valence electrons. The number of ether oxygens (including phenoxy) is 1. The molecule has 1 aromatic rings. The highest BCUT2D eigenvalue weighted by atomic mass is 16.5. The molecule has 0 spiro atoms. The molecule has 1 rings (SSSR count). The van der Waals surface area contributed by atoms with Gasteiger partial charge in [-0.15, -0.1) is 0 Å². The lowest BCUT2D eigenvalue weighted by Gasteiger charge is -1.98. The summed E-state index contributed by atoms with van der Waals surface area (Å²) < 4.78 is 10.5. The van der Waals surface area contributed by atoms with E-state index in [1.165, 1.54) is 0 Å². The summed E-state index contributed by atoms with van der Waals surface area (Å²) in [6.45, 7) is 4.83. The molecular weight excluding hydrogens is 192 g/mol. The highest BCUT2D eigenvalue weighted by Gasteiger charge is 2.02. The van der Waals surface area contributed by atoms with Crippen molar-refractivity contribution in [3.8, 4) is 0 Å². The lowest BCUT2D eigenvalue weighted by molar-refractivity contribution is 0.196. The van der Waals surface area contributed by atoms with E-state index < -0.39 is 0 Å². The van der Waals surface area contributed by atoms with Crippen molar-refractivity contribution in [3.63, 3.8) is 0 Å². The van der Waals surface area contributed by atoms with Crippen LogP contribution in [0.3, 0.4) is 0 Å². The Morgan fingerprint density at radius 3 is 3.07 bits per heavy atom. The zero-order valence-corrected chi connectivity index (χ0v) is 9.58. The molecule has 0 radical (unpaired) electrons. The van der Waals surface area contributed by atoms with Gasteiger partial charge in [-0.05, 0) is 19.5 Å². The molecule has 0 aromatic carbocycles. The van der Waals surface area contributed by atoms with Gasteiger partial charge in [-0.25, -0.2) is 4.98 Å². The van der Waals surface area contributed by atoms with E-state index in [0.29, 0.717) is 6.61 Å². The second-order valence-electron chi connectivity index (χ2n) is 3.42. The maximum atomic E-state index is 5.55. The van der Waals surface area contributed by atoms with Crippen LogP contribution in [-0.2, 0) is 17.6 Å². The third-order valence-corrected chi connectivity index (χ3v) is 2.15. The van der Waals surface area contributed by atoms with Crippen molar-refractivity contribution in [2.24, 2.45) is 0 Å². The Morgan fingerprint density at radius 2 is 2.33 bits per heavy atom. The number of methoxy groups -OCH3 is 1. The second kappa shape index (κ2) is 7.43. The Kier molecular flexibility index (Phi) is 6.04. The third-order valence-electron chi connectivity index (χ3n) is 2.15. The monoisotopic (exact) mass is 212 g/mol. The Morgan fingerprint density at radius 1 is 1.47 bits per heavy atom. The summed E-state index contributed by atoms with van der Waals surface area (Å²) in [7, 11) is 1.69. The first-order valence-electron chi connectivity index (χ1n) is 5.50. The summed E-state index contributed by atoms with van der Waals surface area (Å²) in [5.41, 5.74) is 0. The van der Waals surface area contributed by atoms with Gasteiger partial charge in [0.15, 0.2) is 5.89 Å². The smallest absolute Gasteiger partial charge is 0.194 e. The zero-order valence-electron chi connectivity index (χ0n) is 9.58. The van der Waals surface area contributed by atoms with Crippen LogP contribution in [0.2, 0.25) is 0 Å². The number of aryl methyl sites for hydroxylation is 1. The minimum Gasteiger partial charge on any atom is -0.446 e. The fourth-order valence-corrected chi connectivity index (χ4v) is 1.32. The van der Waals surface area contributed by atoms with E-state index in [-0.39, 0.29) is 0 Å². The van der Waals surface area contributed by atoms with Gasteiger partial charge >= 0.3 is 0 Å². The molecule has 0 unspecified atom stereocenters. The Balaban J connectivity index is 2.20. The standard InChI is InChI=1S/C11H20N2O2/c1-3-12-7-4-5-11-13-9-10(15-11)6-8-14-2/h9,12H,3-8H2,1-2H3. The van der Waals surface area contributed by atoms with E-state index in [9.17, 15) is 0 Å². The van der Waals surface area contributed by atoms with Crippen LogP contribution in [0.15, 0.2) is 10.6 Å². The Bertz CT molecular complexity index is 261. The Hall–Kier alpha value is -0.870. The van der Waals surface area contributed by atoms with Crippen LogP contribution in [0.4, 0.5) is 0 Å². The number of nitrogens with zero attached hydrogens (tertiary/aromatic N) is 1. The van der Waals surface area contributed by atoms with Gasteiger partial charge in [0.05, 0.1) is 12.8 Å². The molecule has 0 bridgehead atoms. The van der Waals surface area contributed by atoms with Gasteiger partial charge < -0.3 is 14.5 Å². The fourth-order valence-electron chi connectivity index (χ4n) is 1.32. The number of aromatic nitrogens is 1. The van der Waals surface area contributed by atoms with Crippen molar-refractivity contribution in [2.75, 3.05) is 26.8 Å². The summed E-state index contributed by atoms with van der Waals surface area (Å²) in [5.74, 6) is 1.74. The molecule has 15 heavy (non-hydrogen) atoms. The van der Waals surface area contributed by atoms with Crippen molar-refractivity contribution in [1.82, 2.24) is 10.3 Å². The second-order valence-corrected chi connectivity index (χ2v) is 3.42. The maximum Gasteiger partial charge on any atom is 0.194 e. The number of hydrogen-bond acceptors (Lipinski definition) is 4. The SMILES string of the molecule is CCNCCCc1ncc(CCOC)o1. The Labute approximate surface area is 91.0 Å². The quantitative estimate of drug-likeness (QED) is 0.662. The number of nitrogens with one attached hydrogen (secondary N) is 1. The largest absolute Gasteiger partial charge is 0.446 e. The topological polar surface area (TPSA) is 47.3 Å². The first-order valence-corrected chi connectivity index (χ1v) is 5.50. The first kappa shape index (κ1) is 12.2. The zero-order chi connectivity index (χ0) is 10.9. The van der Waals surface area contributed by atoms with E-state index in [0.717, 1.165) is 44.0 Å². The normalized spacial score (nSPS) is 10.8. The van der Waals surface area contributed by atoms with E-state index in [1.54, 1.807) is 13.3 Å². The first-order chi connectivity index (χ1) is 7.36. The predicted octanol–water partition coefficient (Wildman–Crippen LogP) is 1.41. The maximum absolute atomic E-state index is 5.55. The van der Waals surface area contributed by atoms with Gasteiger partial charge in [0, 0.05) is 20.0 Å². The van der Waals surface area contributed by atoms with Crippen LogP contribution in [0.5, 0.6) is 0 Å². The molecule has 1 aromatic heterocycles. The molecule has 0 aliphatic rings. The number of hydrogen-bond donors (Lipinski definition) is 1. The molecule has 0 atom stereocenters. The molecule has 0 amide bonds. The van der Waals surface area contributed by atoms with Crippen molar-refractivity contribution >= 4 is 0 Å². The number of rotatable bonds is 8. The van der Waals surface area contributed by atoms with Crippen LogP contribution in [0.25, 0.3) is 0 Å². The lowest BCUT2D eigenvalue weighted by Crippen LogP contribution is -2.14. The predicted molar refractivity (Wildman–Crippen MR) is 58.9 cm³/mol. The molecule has 4 heteroatoms. The molecule has 1 N–H and O–H groups in total. The van der Waals surface area contributed by atoms with Gasteiger partial charge in [0.1, 0.15) is 5.76 Å². The van der Waals surface area contributed by atoms with Gasteiger partial charge in [-0.1, -0.05) is 6.92 Å². The highest BCUT2D eigenvalue weighted by Crippen LogP contribution is 2.06. The average molecular weight is 212 g/mol. The van der Waals surface area contributed by atoms with Gasteiger partial charge in [-0.2, -0.15) is 0 Å². The van der Waals surface area contributed by atoms with E-state index >= 15 is 0 Å². The molecule has 0 aliphatic carbocycles. The minimum atomic E-state index is 0.687. The van der Waals surface area contributed by atoms with Gasteiger partial charge in [0.2, 0.25) is 0 Å². The van der Waals surface area contributed by atoms with Crippen molar-refractivity contribution in [1.29, 1.82) is 0 Å². The summed E-state index contributed by atoms with van der Waals surface area (Å²) >= 11 is 0. The minimum absolute atomic E-state index is 0.687. The molecule has 0 saturated carbocycles. The van der Waals surface area contributed by atoms with Gasteiger partial charge in [0.25, 0.3) is 0 Å². The van der Waals surface area contributed by atoms with Gasteiger partial charge in [-0.3, -0.25) is 0 Å². The van der Waals surface area contributed by atoms with Crippen molar-refractivity contribution < 1.29 is 9.15 Å². The molecule has 4 nitrogen and oxygen atoms in total. The van der Waals surface area contributed by atoms with Crippen molar-refractivity contribution in [3.05, 3.63) is 17.8 Å². The third kappa shape index (κ3) is 4.95. The molecule has 1 heterocycles. The lowest BCUT2D eigenvalue weighted by atomic mass is 10.3. The van der Waals surface area contributed by atoms with Crippen LogP contribution in [0.1, 0.15) is 25.0 Å². The molecule has 0 fully saturated rings. The molecule has 0 saturated heterocycles. The summed E-state index contributed by atoms with van der Waals surface area (Å²) in [5, 5.41) is 3.27. The van der Waals surface area contributed by atoms with E-state index in [1.807, 2.05) is 0 Å². The van der Waals surface area contributed by atoms with Crippen LogP contribution in [-0.4, -0.2) is 31.8 Å². The van der Waals surface area contributed by atoms with E-state index in [4.69, 9.17) is 9.15 Å². The van der Waals surface area contributed by atoms with Crippen LogP contribution in [0, 0.1) is 0 Å². The number of oxazole rings is 1. The summed E-state index contributed by atoms with van der Waals surface area (Å²) in [6.07, 6.45) is 4.57. The van der Waals surface area contributed by atoms with Crippen LogP contribution >= 0.6 is 0 Å². The summed E-state index contributed by atoms with van der Waals surface area (Å²) in [6, 6.07) is 0. The van der Waals surface area contributed by atoms with Crippen molar-refractivity contribution in [2.45, 2.75) is 26.2 Å². The molecule has 0 aliphatic heterocycles. The summed E-state index contributed by atoms with van der Waals surface area (Å²) in [4.78, 5) is 4.22. The average Bonchev–Trinajstić information content (AvgIpc) is 2.69. The highest BCUT2D eigenvalue weighted by molar-refractivity contribution is 4.94. The van der Waals surface area contributed by atoms with Crippen LogP contribution < -0.4 is 5.32 Å². The fraction of sp³-hybridized carbons (Fsp3) is 0.727. The molecular formula is C11H20N2O2. The van der Waals surface area contributed by atoms with E-state index in [2.05, 4.69) is 17.2 Å².